The highest BCUT2D eigenvalue weighted by Crippen LogP contribution is 2.30. The van der Waals surface area contributed by atoms with Crippen LogP contribution in [0.3, 0.4) is 0 Å². The normalized spacial score (nSPS) is 18.3. The molecule has 0 aliphatic carbocycles. The topological polar surface area (TPSA) is 96.7 Å². The molecule has 0 spiro atoms. The van der Waals surface area contributed by atoms with Crippen LogP contribution in [0, 0.1) is 12.7 Å². The van der Waals surface area contributed by atoms with Gasteiger partial charge in [-0.1, -0.05) is 0 Å². The van der Waals surface area contributed by atoms with E-state index in [2.05, 4.69) is 44.3 Å². The Labute approximate surface area is 202 Å². The number of anilines is 2. The number of nitrogens with one attached hydrogen (secondary N) is 2. The fourth-order valence-corrected chi connectivity index (χ4v) is 4.69. The summed E-state index contributed by atoms with van der Waals surface area (Å²) in [6.07, 6.45) is 4.91. The standard InChI is InChI=1S/C25H28FN7O2/c1-5-35-21-9-27-23-20(32-10-14(2)28-15(3)11-32)7-6-18(22(23)31-21)25(34)30-17-8-19(26)24-29-16(4)12-33(24)13-17/h6-9,12-15,28H,5,10-11H2,1-4H3,(H,30,34). The second kappa shape index (κ2) is 9.10. The van der Waals surface area contributed by atoms with Crippen LogP contribution >= 0.6 is 0 Å². The average Bonchev–Trinajstić information content (AvgIpc) is 3.18. The van der Waals surface area contributed by atoms with Gasteiger partial charge >= 0.3 is 0 Å². The van der Waals surface area contributed by atoms with Crippen LogP contribution in [-0.4, -0.2) is 57.0 Å². The van der Waals surface area contributed by atoms with E-state index in [1.54, 1.807) is 36.0 Å². The first-order valence-electron chi connectivity index (χ1n) is 11.7. The first kappa shape index (κ1) is 23.0. The maximum atomic E-state index is 14.5. The summed E-state index contributed by atoms with van der Waals surface area (Å²) in [5.74, 6) is -0.590. The van der Waals surface area contributed by atoms with E-state index >= 15 is 0 Å². The molecule has 1 aliphatic rings. The number of fused-ring (bicyclic) bond motifs is 2. The molecular weight excluding hydrogens is 449 g/mol. The van der Waals surface area contributed by atoms with E-state index in [4.69, 9.17) is 4.74 Å². The molecule has 3 aromatic heterocycles. The summed E-state index contributed by atoms with van der Waals surface area (Å²) in [5.41, 5.74) is 3.50. The Balaban J connectivity index is 1.55. The number of hydrogen-bond acceptors (Lipinski definition) is 7. The third-order valence-electron chi connectivity index (χ3n) is 5.98. The van der Waals surface area contributed by atoms with Gasteiger partial charge in [-0.05, 0) is 39.8 Å². The highest BCUT2D eigenvalue weighted by Gasteiger charge is 2.25. The van der Waals surface area contributed by atoms with E-state index in [1.807, 2.05) is 13.0 Å². The molecule has 1 amide bonds. The summed E-state index contributed by atoms with van der Waals surface area (Å²) in [5, 5.41) is 6.33. The molecule has 1 aliphatic heterocycles. The number of pyridine rings is 1. The Morgan fingerprint density at radius 2 is 1.97 bits per heavy atom. The lowest BCUT2D eigenvalue weighted by molar-refractivity contribution is 0.102. The van der Waals surface area contributed by atoms with Crippen molar-refractivity contribution in [2.75, 3.05) is 29.9 Å². The predicted octanol–water partition coefficient (Wildman–Crippen LogP) is 3.56. The molecule has 9 nitrogen and oxygen atoms in total. The molecule has 2 unspecified atom stereocenters. The third-order valence-corrected chi connectivity index (χ3v) is 5.98. The summed E-state index contributed by atoms with van der Waals surface area (Å²) >= 11 is 0. The lowest BCUT2D eigenvalue weighted by Gasteiger charge is -2.38. The lowest BCUT2D eigenvalue weighted by Crippen LogP contribution is -2.54. The molecule has 2 atom stereocenters. The van der Waals surface area contributed by atoms with Crippen molar-refractivity contribution in [3.05, 3.63) is 53.9 Å². The second-order valence-electron chi connectivity index (χ2n) is 8.99. The highest BCUT2D eigenvalue weighted by molar-refractivity contribution is 6.13. The number of nitrogens with zero attached hydrogens (tertiary/aromatic N) is 5. The minimum Gasteiger partial charge on any atom is -0.477 e. The maximum absolute atomic E-state index is 14.5. The zero-order valence-electron chi connectivity index (χ0n) is 20.2. The van der Waals surface area contributed by atoms with Gasteiger partial charge in [0.25, 0.3) is 5.91 Å². The van der Waals surface area contributed by atoms with Crippen molar-refractivity contribution in [1.29, 1.82) is 0 Å². The van der Waals surface area contributed by atoms with Gasteiger partial charge in [0.15, 0.2) is 11.5 Å². The Morgan fingerprint density at radius 3 is 2.71 bits per heavy atom. The summed E-state index contributed by atoms with van der Waals surface area (Å²) < 4.78 is 21.7. The molecule has 35 heavy (non-hydrogen) atoms. The van der Waals surface area contributed by atoms with Gasteiger partial charge in [-0.15, -0.1) is 0 Å². The number of carbonyl (C=O) groups is 1. The van der Waals surface area contributed by atoms with Crippen LogP contribution < -0.4 is 20.3 Å². The molecule has 1 saturated heterocycles. The summed E-state index contributed by atoms with van der Waals surface area (Å²) in [6.45, 7) is 9.98. The number of aryl methyl sites for hydroxylation is 1. The number of halogens is 1. The molecule has 182 valence electrons. The number of hydrogen-bond donors (Lipinski definition) is 2. The summed E-state index contributed by atoms with van der Waals surface area (Å²) in [6, 6.07) is 5.52. The number of imidazole rings is 1. The molecule has 0 radical (unpaired) electrons. The molecule has 1 fully saturated rings. The Kier molecular flexibility index (Phi) is 5.98. The third kappa shape index (κ3) is 4.49. The fourth-order valence-electron chi connectivity index (χ4n) is 4.69. The van der Waals surface area contributed by atoms with Crippen molar-refractivity contribution in [2.24, 2.45) is 0 Å². The van der Waals surface area contributed by atoms with Crippen LogP contribution in [0.25, 0.3) is 16.7 Å². The number of amides is 1. The Hall–Kier alpha value is -3.79. The molecule has 10 heteroatoms. The Morgan fingerprint density at radius 1 is 1.20 bits per heavy atom. The molecule has 4 heterocycles. The van der Waals surface area contributed by atoms with Gasteiger partial charge in [0.05, 0.1) is 35.4 Å². The molecule has 4 aromatic rings. The van der Waals surface area contributed by atoms with Gasteiger partial charge in [0.1, 0.15) is 11.0 Å². The van der Waals surface area contributed by atoms with E-state index < -0.39 is 11.7 Å². The molecule has 0 saturated carbocycles. The molecule has 2 N–H and O–H groups in total. The van der Waals surface area contributed by atoms with Gasteiger partial charge in [0, 0.05) is 43.6 Å². The van der Waals surface area contributed by atoms with E-state index in [0.29, 0.717) is 52.5 Å². The zero-order chi connectivity index (χ0) is 24.7. The summed E-state index contributed by atoms with van der Waals surface area (Å²) in [4.78, 5) is 29.0. The summed E-state index contributed by atoms with van der Waals surface area (Å²) in [7, 11) is 0. The number of benzene rings is 1. The van der Waals surface area contributed by atoms with Crippen molar-refractivity contribution in [1.82, 2.24) is 24.7 Å². The van der Waals surface area contributed by atoms with Crippen molar-refractivity contribution < 1.29 is 13.9 Å². The SMILES string of the molecule is CCOc1cnc2c(N3CC(C)NC(C)C3)ccc(C(=O)Nc3cc(F)c4nc(C)cn4c3)c2n1. The number of carbonyl (C=O) groups excluding carboxylic acids is 1. The van der Waals surface area contributed by atoms with Gasteiger partial charge in [-0.3, -0.25) is 4.79 Å². The van der Waals surface area contributed by atoms with Crippen LogP contribution in [0.4, 0.5) is 15.8 Å². The van der Waals surface area contributed by atoms with Crippen molar-refractivity contribution in [3.8, 4) is 5.88 Å². The van der Waals surface area contributed by atoms with E-state index in [-0.39, 0.29) is 5.65 Å². The van der Waals surface area contributed by atoms with Crippen LogP contribution in [0.15, 0.2) is 36.8 Å². The van der Waals surface area contributed by atoms with Crippen LogP contribution in [-0.2, 0) is 0 Å². The molecule has 1 aromatic carbocycles. The number of piperazine rings is 1. The largest absolute Gasteiger partial charge is 0.477 e. The van der Waals surface area contributed by atoms with Gasteiger partial charge in [-0.25, -0.2) is 19.3 Å². The number of aromatic nitrogens is 4. The van der Waals surface area contributed by atoms with Crippen molar-refractivity contribution in [3.63, 3.8) is 0 Å². The quantitative estimate of drug-likeness (QED) is 0.454. The van der Waals surface area contributed by atoms with E-state index in [0.717, 1.165) is 18.8 Å². The van der Waals surface area contributed by atoms with Gasteiger partial charge in [0.2, 0.25) is 5.88 Å². The highest BCUT2D eigenvalue weighted by atomic mass is 19.1. The van der Waals surface area contributed by atoms with Crippen LogP contribution in [0.5, 0.6) is 5.88 Å². The number of ether oxygens (including phenoxy) is 1. The lowest BCUT2D eigenvalue weighted by atomic mass is 10.1. The van der Waals surface area contributed by atoms with Gasteiger partial charge < -0.3 is 24.7 Å². The molecular formula is C25H28FN7O2. The monoisotopic (exact) mass is 477 g/mol. The predicted molar refractivity (Wildman–Crippen MR) is 133 cm³/mol. The maximum Gasteiger partial charge on any atom is 0.257 e. The zero-order valence-corrected chi connectivity index (χ0v) is 20.2. The van der Waals surface area contributed by atoms with E-state index in [9.17, 15) is 9.18 Å². The number of rotatable bonds is 5. The Bertz CT molecular complexity index is 1410. The first-order chi connectivity index (χ1) is 16.8. The first-order valence-corrected chi connectivity index (χ1v) is 11.7. The van der Waals surface area contributed by atoms with E-state index in [1.165, 1.54) is 6.07 Å². The van der Waals surface area contributed by atoms with Crippen molar-refractivity contribution in [2.45, 2.75) is 39.8 Å². The minimum absolute atomic E-state index is 0.210. The van der Waals surface area contributed by atoms with Crippen molar-refractivity contribution >= 4 is 34.0 Å². The molecule has 0 bridgehead atoms. The smallest absolute Gasteiger partial charge is 0.257 e. The van der Waals surface area contributed by atoms with Gasteiger partial charge in [-0.2, -0.15) is 0 Å². The minimum atomic E-state index is -0.517. The van der Waals surface area contributed by atoms with Crippen LogP contribution in [0.2, 0.25) is 0 Å². The van der Waals surface area contributed by atoms with Crippen LogP contribution in [0.1, 0.15) is 36.8 Å². The average molecular weight is 478 g/mol. The fraction of sp³-hybridized carbons (Fsp3) is 0.360. The molecule has 5 rings (SSSR count). The second-order valence-corrected chi connectivity index (χ2v) is 8.99.